The van der Waals surface area contributed by atoms with Crippen LogP contribution in [-0.4, -0.2) is 6.17 Å². The molecule has 3 N–H and O–H groups in total. The van der Waals surface area contributed by atoms with Crippen molar-refractivity contribution < 1.29 is 0 Å². The van der Waals surface area contributed by atoms with Crippen molar-refractivity contribution >= 4 is 17.1 Å². The molecule has 0 saturated carbocycles. The molecule has 35 heavy (non-hydrogen) atoms. The largest absolute Gasteiger partial charge is 0.379 e. The molecule has 0 saturated heterocycles. The first kappa shape index (κ1) is 28.3. The van der Waals surface area contributed by atoms with E-state index < -0.39 is 0 Å². The average Bonchev–Trinajstić information content (AvgIpc) is 2.89. The molecule has 3 aromatic rings. The van der Waals surface area contributed by atoms with Gasteiger partial charge in [0.2, 0.25) is 0 Å². The zero-order valence-electron chi connectivity index (χ0n) is 22.4. The van der Waals surface area contributed by atoms with Gasteiger partial charge in [0.15, 0.2) is 0 Å². The standard InChI is InChI=1S/C28H37N3.C4H10/c1-3-4-5-6-8-13-24-18-20-25(21-19-24)22-29-27-16-11-12-17-28(27)31-23(2)30-26-14-9-7-10-15-26;1-3-4-2/h7,9-12,14-21,23,29-31H,3-6,8,13,22H2,1-2H3;3-4H2,1-2H3. The Balaban J connectivity index is 0.00000100. The van der Waals surface area contributed by atoms with Crippen molar-refractivity contribution in [1.29, 1.82) is 0 Å². The highest BCUT2D eigenvalue weighted by Gasteiger charge is 2.06. The maximum atomic E-state index is 3.59. The molecule has 0 aliphatic rings. The first-order valence-electron chi connectivity index (χ1n) is 13.6. The number of nitrogens with one attached hydrogen (secondary N) is 3. The van der Waals surface area contributed by atoms with Gasteiger partial charge in [-0.2, -0.15) is 0 Å². The Morgan fingerprint density at radius 1 is 0.571 bits per heavy atom. The molecule has 3 rings (SSSR count). The lowest BCUT2D eigenvalue weighted by Gasteiger charge is -2.21. The molecule has 190 valence electrons. The van der Waals surface area contributed by atoms with Crippen LogP contribution in [0.5, 0.6) is 0 Å². The summed E-state index contributed by atoms with van der Waals surface area (Å²) in [5.74, 6) is 0. The van der Waals surface area contributed by atoms with Gasteiger partial charge in [-0.1, -0.05) is 114 Å². The van der Waals surface area contributed by atoms with E-state index in [0.29, 0.717) is 0 Å². The smallest absolute Gasteiger partial charge is 0.0935 e. The molecule has 3 aromatic carbocycles. The van der Waals surface area contributed by atoms with Crippen LogP contribution in [0.25, 0.3) is 0 Å². The van der Waals surface area contributed by atoms with Crippen molar-refractivity contribution in [2.24, 2.45) is 0 Å². The number of anilines is 3. The van der Waals surface area contributed by atoms with Gasteiger partial charge < -0.3 is 16.0 Å². The Labute approximate surface area is 214 Å². The van der Waals surface area contributed by atoms with Gasteiger partial charge in [0.1, 0.15) is 0 Å². The lowest BCUT2D eigenvalue weighted by atomic mass is 10.0. The number of benzene rings is 3. The quantitative estimate of drug-likeness (QED) is 0.161. The van der Waals surface area contributed by atoms with Gasteiger partial charge in [-0.25, -0.2) is 0 Å². The highest BCUT2D eigenvalue weighted by molar-refractivity contribution is 5.69. The third-order valence-corrected chi connectivity index (χ3v) is 6.03. The Hall–Kier alpha value is -2.94. The molecular weight excluding hydrogens is 426 g/mol. The zero-order chi connectivity index (χ0) is 25.1. The minimum atomic E-state index is 0.113. The highest BCUT2D eigenvalue weighted by atomic mass is 15.1. The molecule has 3 heteroatoms. The Kier molecular flexibility index (Phi) is 14.1. The van der Waals surface area contributed by atoms with Crippen LogP contribution < -0.4 is 16.0 Å². The van der Waals surface area contributed by atoms with Gasteiger partial charge in [-0.15, -0.1) is 0 Å². The molecule has 0 radical (unpaired) electrons. The fourth-order valence-corrected chi connectivity index (χ4v) is 3.77. The van der Waals surface area contributed by atoms with Gasteiger partial charge in [-0.3, -0.25) is 0 Å². The van der Waals surface area contributed by atoms with E-state index in [0.717, 1.165) is 23.6 Å². The summed E-state index contributed by atoms with van der Waals surface area (Å²) in [4.78, 5) is 0. The van der Waals surface area contributed by atoms with Crippen LogP contribution in [0.2, 0.25) is 0 Å². The molecule has 0 bridgehead atoms. The summed E-state index contributed by atoms with van der Waals surface area (Å²) in [6.07, 6.45) is 10.6. The third-order valence-electron chi connectivity index (χ3n) is 6.03. The molecule has 0 amide bonds. The molecular formula is C32H47N3. The van der Waals surface area contributed by atoms with Crippen LogP contribution in [0.15, 0.2) is 78.9 Å². The average molecular weight is 474 g/mol. The molecule has 0 spiro atoms. The maximum Gasteiger partial charge on any atom is 0.0935 e. The number of rotatable bonds is 14. The zero-order valence-corrected chi connectivity index (χ0v) is 22.4. The fourth-order valence-electron chi connectivity index (χ4n) is 3.77. The van der Waals surface area contributed by atoms with Crippen LogP contribution in [0.1, 0.15) is 83.8 Å². The Morgan fingerprint density at radius 2 is 1.17 bits per heavy atom. The molecule has 3 nitrogen and oxygen atoms in total. The molecule has 1 unspecified atom stereocenters. The maximum absolute atomic E-state index is 3.59. The van der Waals surface area contributed by atoms with E-state index in [-0.39, 0.29) is 6.17 Å². The minimum absolute atomic E-state index is 0.113. The first-order chi connectivity index (χ1) is 17.2. The van der Waals surface area contributed by atoms with Gasteiger partial charge in [0.05, 0.1) is 17.5 Å². The van der Waals surface area contributed by atoms with Crippen molar-refractivity contribution in [2.45, 2.75) is 91.8 Å². The molecule has 0 aliphatic heterocycles. The summed E-state index contributed by atoms with van der Waals surface area (Å²) in [5, 5.41) is 10.6. The number of para-hydroxylation sites is 3. The summed E-state index contributed by atoms with van der Waals surface area (Å²) in [6, 6.07) is 27.7. The molecule has 0 heterocycles. The van der Waals surface area contributed by atoms with Crippen LogP contribution >= 0.6 is 0 Å². The van der Waals surface area contributed by atoms with E-state index in [9.17, 15) is 0 Å². The van der Waals surface area contributed by atoms with Gasteiger partial charge in [0, 0.05) is 12.2 Å². The van der Waals surface area contributed by atoms with E-state index in [1.54, 1.807) is 0 Å². The summed E-state index contributed by atoms with van der Waals surface area (Å²) < 4.78 is 0. The van der Waals surface area contributed by atoms with E-state index in [4.69, 9.17) is 0 Å². The van der Waals surface area contributed by atoms with Crippen molar-refractivity contribution in [2.75, 3.05) is 16.0 Å². The third kappa shape index (κ3) is 11.8. The second-order valence-electron chi connectivity index (χ2n) is 9.26. The van der Waals surface area contributed by atoms with Crippen LogP contribution in [-0.2, 0) is 13.0 Å². The van der Waals surface area contributed by atoms with Crippen LogP contribution in [0.3, 0.4) is 0 Å². The van der Waals surface area contributed by atoms with Crippen LogP contribution in [0, 0.1) is 0 Å². The van der Waals surface area contributed by atoms with Crippen molar-refractivity contribution in [3.63, 3.8) is 0 Å². The monoisotopic (exact) mass is 473 g/mol. The van der Waals surface area contributed by atoms with Crippen LogP contribution in [0.4, 0.5) is 17.1 Å². The van der Waals surface area contributed by atoms with E-state index >= 15 is 0 Å². The van der Waals surface area contributed by atoms with Crippen molar-refractivity contribution in [3.8, 4) is 0 Å². The molecule has 1 atom stereocenters. The summed E-state index contributed by atoms with van der Waals surface area (Å²) in [5.41, 5.74) is 6.08. The lowest BCUT2D eigenvalue weighted by molar-refractivity contribution is 0.632. The minimum Gasteiger partial charge on any atom is -0.379 e. The van der Waals surface area contributed by atoms with Crippen molar-refractivity contribution in [1.82, 2.24) is 0 Å². The van der Waals surface area contributed by atoms with Gasteiger partial charge in [-0.05, 0) is 55.2 Å². The first-order valence-corrected chi connectivity index (χ1v) is 13.6. The van der Waals surface area contributed by atoms with Gasteiger partial charge >= 0.3 is 0 Å². The highest BCUT2D eigenvalue weighted by Crippen LogP contribution is 2.23. The number of unbranched alkanes of at least 4 members (excludes halogenated alkanes) is 5. The van der Waals surface area contributed by atoms with E-state index in [1.165, 1.54) is 62.5 Å². The Bertz CT molecular complexity index is 904. The van der Waals surface area contributed by atoms with Gasteiger partial charge in [0.25, 0.3) is 0 Å². The predicted molar refractivity (Wildman–Crippen MR) is 156 cm³/mol. The van der Waals surface area contributed by atoms with E-state index in [2.05, 4.69) is 104 Å². The molecule has 0 aromatic heterocycles. The SMILES string of the molecule is CCCC.CCCCCCCc1ccc(CNc2ccccc2NC(C)Nc2ccccc2)cc1. The number of hydrogen-bond acceptors (Lipinski definition) is 3. The Morgan fingerprint density at radius 3 is 1.83 bits per heavy atom. The predicted octanol–water partition coefficient (Wildman–Crippen LogP) is 9.49. The summed E-state index contributed by atoms with van der Waals surface area (Å²) in [6.45, 7) is 9.57. The number of aryl methyl sites for hydroxylation is 1. The summed E-state index contributed by atoms with van der Waals surface area (Å²) in [7, 11) is 0. The van der Waals surface area contributed by atoms with Crippen molar-refractivity contribution in [3.05, 3.63) is 90.0 Å². The topological polar surface area (TPSA) is 36.1 Å². The number of hydrogen-bond donors (Lipinski definition) is 3. The normalized spacial score (nSPS) is 11.2. The molecule has 0 fully saturated rings. The summed E-state index contributed by atoms with van der Waals surface area (Å²) >= 11 is 0. The fraction of sp³-hybridized carbons (Fsp3) is 0.438. The molecule has 0 aliphatic carbocycles. The van der Waals surface area contributed by atoms with E-state index in [1.807, 2.05) is 18.2 Å². The second kappa shape index (κ2) is 17.5. The lowest BCUT2D eigenvalue weighted by Crippen LogP contribution is -2.25. The second-order valence-corrected chi connectivity index (χ2v) is 9.26.